The van der Waals surface area contributed by atoms with Gasteiger partial charge in [-0.15, -0.1) is 0 Å². The van der Waals surface area contributed by atoms with Crippen molar-refractivity contribution in [2.75, 3.05) is 6.54 Å². The SMILES string of the molecule is C/C(=C/C(=O)N(CCC(=O)O)Cc1cccc(F)c1F)C1CC1. The minimum absolute atomic E-state index is 0.0289. The first-order chi connectivity index (χ1) is 10.9. The van der Waals surface area contributed by atoms with Crippen molar-refractivity contribution in [3.8, 4) is 0 Å². The number of allylic oxidation sites excluding steroid dienone is 1. The molecule has 0 bridgehead atoms. The second-order valence-corrected chi connectivity index (χ2v) is 5.78. The highest BCUT2D eigenvalue weighted by molar-refractivity contribution is 5.88. The summed E-state index contributed by atoms with van der Waals surface area (Å²) in [5, 5.41) is 8.80. The molecule has 0 heterocycles. The summed E-state index contributed by atoms with van der Waals surface area (Å²) in [6, 6.07) is 3.75. The number of aliphatic carboxylic acids is 1. The molecular weight excluding hydrogens is 304 g/mol. The van der Waals surface area contributed by atoms with E-state index in [2.05, 4.69) is 0 Å². The van der Waals surface area contributed by atoms with Gasteiger partial charge in [0.15, 0.2) is 11.6 Å². The quantitative estimate of drug-likeness (QED) is 0.784. The van der Waals surface area contributed by atoms with E-state index in [-0.39, 0.29) is 31.0 Å². The van der Waals surface area contributed by atoms with Crippen LogP contribution in [-0.2, 0) is 16.1 Å². The van der Waals surface area contributed by atoms with Crippen LogP contribution in [0.15, 0.2) is 29.8 Å². The molecule has 0 unspecified atom stereocenters. The maximum Gasteiger partial charge on any atom is 0.305 e. The number of carbonyl (C=O) groups is 2. The van der Waals surface area contributed by atoms with E-state index in [9.17, 15) is 18.4 Å². The van der Waals surface area contributed by atoms with Gasteiger partial charge in [0.05, 0.1) is 6.42 Å². The molecule has 23 heavy (non-hydrogen) atoms. The molecule has 6 heteroatoms. The fourth-order valence-electron chi connectivity index (χ4n) is 2.32. The van der Waals surface area contributed by atoms with Crippen LogP contribution in [0, 0.1) is 17.6 Å². The summed E-state index contributed by atoms with van der Waals surface area (Å²) >= 11 is 0. The third-order valence-electron chi connectivity index (χ3n) is 3.87. The number of halogens is 2. The van der Waals surface area contributed by atoms with Crippen molar-refractivity contribution in [1.82, 2.24) is 4.90 Å². The Morgan fingerprint density at radius 3 is 2.65 bits per heavy atom. The summed E-state index contributed by atoms with van der Waals surface area (Å²) in [5.74, 6) is -3.02. The number of nitrogens with zero attached hydrogens (tertiary/aromatic N) is 1. The fourth-order valence-corrected chi connectivity index (χ4v) is 2.32. The summed E-state index contributed by atoms with van der Waals surface area (Å²) in [6.07, 6.45) is 3.31. The first-order valence-corrected chi connectivity index (χ1v) is 7.50. The molecule has 1 aliphatic carbocycles. The van der Waals surface area contributed by atoms with Gasteiger partial charge in [0.2, 0.25) is 5.91 Å². The summed E-state index contributed by atoms with van der Waals surface area (Å²) in [7, 11) is 0. The predicted octanol–water partition coefficient (Wildman–Crippen LogP) is 3.12. The molecule has 4 nitrogen and oxygen atoms in total. The van der Waals surface area contributed by atoms with Gasteiger partial charge in [-0.3, -0.25) is 9.59 Å². The number of carbonyl (C=O) groups excluding carboxylic acids is 1. The van der Waals surface area contributed by atoms with Gasteiger partial charge in [-0.25, -0.2) is 8.78 Å². The van der Waals surface area contributed by atoms with Gasteiger partial charge in [-0.05, 0) is 31.7 Å². The minimum Gasteiger partial charge on any atom is -0.481 e. The molecule has 0 radical (unpaired) electrons. The standard InChI is InChI=1S/C17H19F2NO3/c1-11(12-5-6-12)9-15(21)20(8-7-16(22)23)10-13-3-2-4-14(18)17(13)19/h2-4,9,12H,5-8,10H2,1H3,(H,22,23)/b11-9-. The van der Waals surface area contributed by atoms with E-state index in [1.54, 1.807) is 0 Å². The molecule has 1 aliphatic rings. The number of carboxylic acid groups (broad SMARTS) is 1. The first-order valence-electron chi connectivity index (χ1n) is 7.50. The summed E-state index contributed by atoms with van der Waals surface area (Å²) < 4.78 is 27.1. The number of amides is 1. The molecule has 0 aliphatic heterocycles. The maximum absolute atomic E-state index is 13.8. The van der Waals surface area contributed by atoms with Crippen LogP contribution in [0.4, 0.5) is 8.78 Å². The molecule has 1 saturated carbocycles. The van der Waals surface area contributed by atoms with Crippen LogP contribution in [0.3, 0.4) is 0 Å². The monoisotopic (exact) mass is 323 g/mol. The minimum atomic E-state index is -1.05. The lowest BCUT2D eigenvalue weighted by Gasteiger charge is -2.21. The predicted molar refractivity (Wildman–Crippen MR) is 80.5 cm³/mol. The lowest BCUT2D eigenvalue weighted by atomic mass is 10.1. The molecule has 0 atom stereocenters. The number of hydrogen-bond donors (Lipinski definition) is 1. The summed E-state index contributed by atoms with van der Waals surface area (Å²) in [6.45, 7) is 1.64. The van der Waals surface area contributed by atoms with E-state index < -0.39 is 17.6 Å². The van der Waals surface area contributed by atoms with E-state index in [4.69, 9.17) is 5.11 Å². The molecule has 1 N–H and O–H groups in total. The Labute approximate surface area is 133 Å². The normalized spacial score (nSPS) is 14.7. The highest BCUT2D eigenvalue weighted by Crippen LogP contribution is 2.36. The lowest BCUT2D eigenvalue weighted by Crippen LogP contribution is -2.32. The number of benzene rings is 1. The van der Waals surface area contributed by atoms with Crippen LogP contribution in [0.1, 0.15) is 31.7 Å². The van der Waals surface area contributed by atoms with E-state index in [0.29, 0.717) is 5.92 Å². The van der Waals surface area contributed by atoms with Crippen LogP contribution in [-0.4, -0.2) is 28.4 Å². The van der Waals surface area contributed by atoms with Crippen molar-refractivity contribution in [3.63, 3.8) is 0 Å². The summed E-state index contributed by atoms with van der Waals surface area (Å²) in [4.78, 5) is 24.3. The van der Waals surface area contributed by atoms with Crippen molar-refractivity contribution in [2.45, 2.75) is 32.7 Å². The molecule has 0 spiro atoms. The van der Waals surface area contributed by atoms with E-state index in [1.807, 2.05) is 6.92 Å². The first kappa shape index (κ1) is 17.1. The van der Waals surface area contributed by atoms with E-state index in [1.165, 1.54) is 23.1 Å². The van der Waals surface area contributed by atoms with E-state index >= 15 is 0 Å². The lowest BCUT2D eigenvalue weighted by molar-refractivity contribution is -0.138. The number of rotatable bonds is 7. The smallest absolute Gasteiger partial charge is 0.305 e. The summed E-state index contributed by atoms with van der Waals surface area (Å²) in [5.41, 5.74) is 0.969. The molecular formula is C17H19F2NO3. The number of carboxylic acids is 1. The Morgan fingerprint density at radius 2 is 2.04 bits per heavy atom. The Hall–Kier alpha value is -2.24. The number of hydrogen-bond acceptors (Lipinski definition) is 2. The van der Waals surface area contributed by atoms with Crippen molar-refractivity contribution in [3.05, 3.63) is 47.0 Å². The molecule has 1 fully saturated rings. The van der Waals surface area contributed by atoms with Crippen LogP contribution >= 0.6 is 0 Å². The van der Waals surface area contributed by atoms with Crippen molar-refractivity contribution < 1.29 is 23.5 Å². The molecule has 124 valence electrons. The fraction of sp³-hybridized carbons (Fsp3) is 0.412. The third-order valence-corrected chi connectivity index (χ3v) is 3.87. The second-order valence-electron chi connectivity index (χ2n) is 5.78. The zero-order chi connectivity index (χ0) is 17.0. The largest absolute Gasteiger partial charge is 0.481 e. The average molecular weight is 323 g/mol. The van der Waals surface area contributed by atoms with Gasteiger partial charge in [-0.2, -0.15) is 0 Å². The van der Waals surface area contributed by atoms with Gasteiger partial charge in [-0.1, -0.05) is 17.7 Å². The van der Waals surface area contributed by atoms with Crippen molar-refractivity contribution in [1.29, 1.82) is 0 Å². The molecule has 0 saturated heterocycles. The Morgan fingerprint density at radius 1 is 1.35 bits per heavy atom. The van der Waals surface area contributed by atoms with Gasteiger partial charge < -0.3 is 10.0 Å². The second kappa shape index (κ2) is 7.35. The van der Waals surface area contributed by atoms with Crippen LogP contribution in [0.5, 0.6) is 0 Å². The third kappa shape index (κ3) is 4.87. The van der Waals surface area contributed by atoms with Gasteiger partial charge in [0.1, 0.15) is 0 Å². The van der Waals surface area contributed by atoms with Crippen LogP contribution in [0.2, 0.25) is 0 Å². The van der Waals surface area contributed by atoms with Gasteiger partial charge in [0, 0.05) is 24.7 Å². The Bertz CT molecular complexity index is 639. The molecule has 1 amide bonds. The van der Waals surface area contributed by atoms with Gasteiger partial charge in [0.25, 0.3) is 0 Å². The van der Waals surface area contributed by atoms with Gasteiger partial charge >= 0.3 is 5.97 Å². The van der Waals surface area contributed by atoms with Crippen molar-refractivity contribution >= 4 is 11.9 Å². The molecule has 0 aromatic heterocycles. The molecule has 1 aromatic carbocycles. The van der Waals surface area contributed by atoms with Crippen LogP contribution in [0.25, 0.3) is 0 Å². The van der Waals surface area contributed by atoms with E-state index in [0.717, 1.165) is 24.5 Å². The zero-order valence-corrected chi connectivity index (χ0v) is 12.9. The van der Waals surface area contributed by atoms with Crippen LogP contribution < -0.4 is 0 Å². The topological polar surface area (TPSA) is 57.6 Å². The average Bonchev–Trinajstić information content (AvgIpc) is 3.32. The molecule has 2 rings (SSSR count). The Balaban J connectivity index is 2.15. The molecule has 1 aromatic rings. The highest BCUT2D eigenvalue weighted by Gasteiger charge is 2.25. The maximum atomic E-state index is 13.8. The van der Waals surface area contributed by atoms with Crippen molar-refractivity contribution in [2.24, 2.45) is 5.92 Å². The zero-order valence-electron chi connectivity index (χ0n) is 12.9. The highest BCUT2D eigenvalue weighted by atomic mass is 19.2. The Kier molecular flexibility index (Phi) is 5.47.